The average Bonchev–Trinajstić information content (AvgIpc) is 2.37. The number of aromatic nitrogens is 2. The lowest BCUT2D eigenvalue weighted by molar-refractivity contribution is 0.145. The van der Waals surface area contributed by atoms with Gasteiger partial charge >= 0.3 is 0 Å². The van der Waals surface area contributed by atoms with E-state index in [-0.39, 0.29) is 16.3 Å². The fourth-order valence-electron chi connectivity index (χ4n) is 1.56. The zero-order chi connectivity index (χ0) is 14.0. The second-order valence-corrected chi connectivity index (χ2v) is 3.96. The molecule has 0 aliphatic carbocycles. The molecule has 0 atom stereocenters. The molecule has 0 radical (unpaired) electrons. The van der Waals surface area contributed by atoms with Gasteiger partial charge in [-0.25, -0.2) is 23.1 Å². The Labute approximate surface area is 111 Å². The van der Waals surface area contributed by atoms with Crippen LogP contribution in [0, 0.1) is 17.1 Å². The summed E-state index contributed by atoms with van der Waals surface area (Å²) in [6.07, 6.45) is -2.07. The molecule has 0 fully saturated rings. The van der Waals surface area contributed by atoms with Gasteiger partial charge in [0.05, 0.1) is 5.69 Å². The van der Waals surface area contributed by atoms with E-state index in [1.54, 1.807) is 6.07 Å². The first-order chi connectivity index (χ1) is 9.04. The molecular formula is C12H5ClF3N3. The van der Waals surface area contributed by atoms with E-state index in [1.165, 1.54) is 12.1 Å². The Morgan fingerprint density at radius 1 is 1.26 bits per heavy atom. The lowest BCUT2D eigenvalue weighted by Gasteiger charge is -2.08. The van der Waals surface area contributed by atoms with E-state index in [4.69, 9.17) is 16.9 Å². The largest absolute Gasteiger partial charge is 0.281 e. The molecule has 0 bridgehead atoms. The van der Waals surface area contributed by atoms with Crippen molar-refractivity contribution in [2.24, 2.45) is 0 Å². The highest BCUT2D eigenvalue weighted by molar-refractivity contribution is 6.30. The zero-order valence-corrected chi connectivity index (χ0v) is 10.00. The van der Waals surface area contributed by atoms with Crippen LogP contribution in [0.3, 0.4) is 0 Å². The van der Waals surface area contributed by atoms with Crippen LogP contribution < -0.4 is 0 Å². The van der Waals surface area contributed by atoms with Gasteiger partial charge in [0.1, 0.15) is 29.5 Å². The quantitative estimate of drug-likeness (QED) is 0.843. The van der Waals surface area contributed by atoms with Crippen molar-refractivity contribution in [2.45, 2.75) is 6.43 Å². The number of benzene rings is 1. The third-order valence-corrected chi connectivity index (χ3v) is 2.62. The number of hydrogen-bond acceptors (Lipinski definition) is 3. The van der Waals surface area contributed by atoms with Gasteiger partial charge in [-0.1, -0.05) is 11.6 Å². The van der Waals surface area contributed by atoms with Crippen LogP contribution in [0.1, 0.15) is 17.7 Å². The van der Waals surface area contributed by atoms with E-state index in [9.17, 15) is 13.2 Å². The molecule has 0 spiro atoms. The van der Waals surface area contributed by atoms with Crippen molar-refractivity contribution in [3.63, 3.8) is 0 Å². The molecule has 7 heteroatoms. The minimum atomic E-state index is -2.94. The average molecular weight is 284 g/mol. The molecule has 0 N–H and O–H groups in total. The van der Waals surface area contributed by atoms with Gasteiger partial charge in [-0.05, 0) is 18.2 Å². The summed E-state index contributed by atoms with van der Waals surface area (Å²) in [5.41, 5.74) is -1.42. The predicted molar refractivity (Wildman–Crippen MR) is 62.1 cm³/mol. The Morgan fingerprint density at radius 3 is 2.58 bits per heavy atom. The maximum atomic E-state index is 13.7. The first kappa shape index (κ1) is 13.3. The molecule has 1 aromatic carbocycles. The molecule has 96 valence electrons. The molecular weight excluding hydrogens is 279 g/mol. The van der Waals surface area contributed by atoms with E-state index in [0.29, 0.717) is 0 Å². The summed E-state index contributed by atoms with van der Waals surface area (Å²) >= 11 is 5.60. The normalized spacial score (nSPS) is 10.5. The number of rotatable bonds is 2. The van der Waals surface area contributed by atoms with Crippen LogP contribution in [0.25, 0.3) is 11.3 Å². The highest BCUT2D eigenvalue weighted by Crippen LogP contribution is 2.30. The lowest BCUT2D eigenvalue weighted by Crippen LogP contribution is -2.01. The molecule has 1 aromatic heterocycles. The summed E-state index contributed by atoms with van der Waals surface area (Å²) in [6.45, 7) is 0. The van der Waals surface area contributed by atoms with Gasteiger partial charge in [0.2, 0.25) is 0 Å². The summed E-state index contributed by atoms with van der Waals surface area (Å²) < 4.78 is 39.2. The van der Waals surface area contributed by atoms with Crippen molar-refractivity contribution in [1.82, 2.24) is 9.97 Å². The molecule has 0 unspecified atom stereocenters. The van der Waals surface area contributed by atoms with Crippen LogP contribution in [-0.2, 0) is 0 Å². The summed E-state index contributed by atoms with van der Waals surface area (Å²) in [5, 5.41) is 9.10. The van der Waals surface area contributed by atoms with Gasteiger partial charge in [0.25, 0.3) is 6.43 Å². The Balaban J connectivity index is 2.69. The number of hydrogen-bond donors (Lipinski definition) is 0. The highest BCUT2D eigenvalue weighted by Gasteiger charge is 2.21. The number of alkyl halides is 2. The van der Waals surface area contributed by atoms with Crippen LogP contribution in [0.4, 0.5) is 13.2 Å². The van der Waals surface area contributed by atoms with Gasteiger partial charge in [0, 0.05) is 10.6 Å². The van der Waals surface area contributed by atoms with Crippen LogP contribution in [0.15, 0.2) is 24.5 Å². The monoisotopic (exact) mass is 283 g/mol. The number of nitrogens with zero attached hydrogens (tertiary/aromatic N) is 3. The molecule has 19 heavy (non-hydrogen) atoms. The van der Waals surface area contributed by atoms with Crippen molar-refractivity contribution in [3.8, 4) is 17.3 Å². The summed E-state index contributed by atoms with van der Waals surface area (Å²) in [4.78, 5) is 7.05. The topological polar surface area (TPSA) is 49.6 Å². The second kappa shape index (κ2) is 5.24. The van der Waals surface area contributed by atoms with Crippen LogP contribution in [0.2, 0.25) is 5.02 Å². The van der Waals surface area contributed by atoms with Gasteiger partial charge < -0.3 is 0 Å². The zero-order valence-electron chi connectivity index (χ0n) is 9.24. The molecule has 0 aliphatic rings. The van der Waals surface area contributed by atoms with Gasteiger partial charge in [-0.3, -0.25) is 0 Å². The van der Waals surface area contributed by atoms with Gasteiger partial charge in [0.15, 0.2) is 0 Å². The second-order valence-electron chi connectivity index (χ2n) is 3.52. The Bertz CT molecular complexity index is 668. The Hall–Kier alpha value is -2.13. The number of nitriles is 1. The predicted octanol–water partition coefficient (Wildman–Crippen LogP) is 3.75. The highest BCUT2D eigenvalue weighted by atomic mass is 35.5. The van der Waals surface area contributed by atoms with E-state index in [0.717, 1.165) is 12.4 Å². The number of halogens is 4. The standard InChI is InChI=1S/C12H5ClF3N3/c13-6-1-2-7(9(14)3-6)10-8(4-17)11(12(15)16)19-5-18-10/h1-3,5,12H. The van der Waals surface area contributed by atoms with Crippen molar-refractivity contribution < 1.29 is 13.2 Å². The Kier molecular flexibility index (Phi) is 3.67. The van der Waals surface area contributed by atoms with Crippen molar-refractivity contribution in [1.29, 1.82) is 5.26 Å². The van der Waals surface area contributed by atoms with Crippen LogP contribution >= 0.6 is 11.6 Å². The maximum absolute atomic E-state index is 13.7. The van der Waals surface area contributed by atoms with Crippen LogP contribution in [0.5, 0.6) is 0 Å². The van der Waals surface area contributed by atoms with E-state index < -0.39 is 23.5 Å². The minimum Gasteiger partial charge on any atom is -0.235 e. The fourth-order valence-corrected chi connectivity index (χ4v) is 1.72. The van der Waals surface area contributed by atoms with Crippen LogP contribution in [-0.4, -0.2) is 9.97 Å². The van der Waals surface area contributed by atoms with E-state index in [1.807, 2.05) is 0 Å². The molecule has 1 heterocycles. The molecule has 0 amide bonds. The smallest absolute Gasteiger partial charge is 0.235 e. The van der Waals surface area contributed by atoms with Crippen molar-refractivity contribution in [3.05, 3.63) is 46.6 Å². The SMILES string of the molecule is N#Cc1c(-c2ccc(Cl)cc2F)ncnc1C(F)F. The first-order valence-corrected chi connectivity index (χ1v) is 5.41. The third-order valence-electron chi connectivity index (χ3n) is 2.38. The third kappa shape index (κ3) is 2.51. The van der Waals surface area contributed by atoms with Crippen molar-refractivity contribution in [2.75, 3.05) is 0 Å². The Morgan fingerprint density at radius 2 is 2.00 bits per heavy atom. The van der Waals surface area contributed by atoms with Gasteiger partial charge in [-0.15, -0.1) is 0 Å². The molecule has 0 saturated carbocycles. The minimum absolute atomic E-state index is 0.0785. The summed E-state index contributed by atoms with van der Waals surface area (Å²) in [6, 6.07) is 5.25. The molecule has 2 rings (SSSR count). The molecule has 0 aliphatic heterocycles. The molecule has 2 aromatic rings. The summed E-state index contributed by atoms with van der Waals surface area (Å²) in [7, 11) is 0. The van der Waals surface area contributed by atoms with E-state index in [2.05, 4.69) is 9.97 Å². The first-order valence-electron chi connectivity index (χ1n) is 5.03. The van der Waals surface area contributed by atoms with Crippen molar-refractivity contribution >= 4 is 11.6 Å². The molecule has 3 nitrogen and oxygen atoms in total. The maximum Gasteiger partial charge on any atom is 0.281 e. The lowest BCUT2D eigenvalue weighted by atomic mass is 10.0. The summed E-state index contributed by atoms with van der Waals surface area (Å²) in [5.74, 6) is -0.747. The fraction of sp³-hybridized carbons (Fsp3) is 0.0833. The van der Waals surface area contributed by atoms with E-state index >= 15 is 0 Å². The molecule has 0 saturated heterocycles. The van der Waals surface area contributed by atoms with Gasteiger partial charge in [-0.2, -0.15) is 5.26 Å².